The van der Waals surface area contributed by atoms with Gasteiger partial charge >= 0.3 is 0 Å². The maximum Gasteiger partial charge on any atom is 0.253 e. The van der Waals surface area contributed by atoms with Crippen LogP contribution in [0.25, 0.3) is 10.9 Å². The van der Waals surface area contributed by atoms with E-state index in [1.165, 1.54) is 12.8 Å². The first-order valence-corrected chi connectivity index (χ1v) is 11.1. The first kappa shape index (κ1) is 20.9. The van der Waals surface area contributed by atoms with E-state index in [4.69, 9.17) is 14.2 Å². The van der Waals surface area contributed by atoms with Crippen LogP contribution in [0.1, 0.15) is 49.2 Å². The van der Waals surface area contributed by atoms with Crippen molar-refractivity contribution in [2.45, 2.75) is 37.8 Å². The van der Waals surface area contributed by atoms with Crippen LogP contribution in [0.4, 0.5) is 0 Å². The van der Waals surface area contributed by atoms with E-state index in [-0.39, 0.29) is 17.6 Å². The van der Waals surface area contributed by atoms with Crippen molar-refractivity contribution >= 4 is 10.9 Å². The number of nitrogens with zero attached hydrogens (tertiary/aromatic N) is 5. The number of pyridine rings is 1. The number of hydrogen-bond donors (Lipinski definition) is 1. The molecule has 0 radical (unpaired) electrons. The molecule has 10 heteroatoms. The lowest BCUT2D eigenvalue weighted by Crippen LogP contribution is -2.42. The molecule has 3 aromatic rings. The van der Waals surface area contributed by atoms with E-state index in [1.54, 1.807) is 20.3 Å². The summed E-state index contributed by atoms with van der Waals surface area (Å²) >= 11 is 0. The van der Waals surface area contributed by atoms with Gasteiger partial charge in [0.25, 0.3) is 5.56 Å². The Morgan fingerprint density at radius 2 is 1.81 bits per heavy atom. The molecule has 1 atom stereocenters. The van der Waals surface area contributed by atoms with Gasteiger partial charge in [-0.3, -0.25) is 9.69 Å². The number of aromatic nitrogens is 5. The van der Waals surface area contributed by atoms with E-state index < -0.39 is 0 Å². The lowest BCUT2D eigenvalue weighted by atomic mass is 10.0. The fraction of sp³-hybridized carbons (Fsp3) is 0.545. The Hall–Kier alpha value is -2.98. The fourth-order valence-electron chi connectivity index (χ4n) is 4.88. The summed E-state index contributed by atoms with van der Waals surface area (Å²) in [4.78, 5) is 18.6. The number of tetrazole rings is 1. The molecule has 1 N–H and O–H groups in total. The zero-order valence-corrected chi connectivity index (χ0v) is 18.4. The SMILES string of the molecule is COc1cc2cc(C(c3nnnn3C3CCCC3)N3CCOCC3)c(=O)[nH]c2cc1OC. The van der Waals surface area contributed by atoms with Crippen LogP contribution in [0.5, 0.6) is 11.5 Å². The van der Waals surface area contributed by atoms with Crippen molar-refractivity contribution in [3.63, 3.8) is 0 Å². The van der Waals surface area contributed by atoms with Crippen molar-refractivity contribution in [1.29, 1.82) is 0 Å². The molecule has 1 unspecified atom stereocenters. The second-order valence-electron chi connectivity index (χ2n) is 8.32. The van der Waals surface area contributed by atoms with Crippen LogP contribution in [0.15, 0.2) is 23.0 Å². The number of H-pyrrole nitrogens is 1. The van der Waals surface area contributed by atoms with Crippen molar-refractivity contribution < 1.29 is 14.2 Å². The van der Waals surface area contributed by atoms with Gasteiger partial charge in [-0.15, -0.1) is 5.10 Å². The van der Waals surface area contributed by atoms with Gasteiger partial charge in [0, 0.05) is 30.1 Å². The number of hydrogen-bond acceptors (Lipinski definition) is 8. The van der Waals surface area contributed by atoms with Crippen LogP contribution in [0.3, 0.4) is 0 Å². The molecule has 0 amide bonds. The number of fused-ring (bicyclic) bond motifs is 1. The highest BCUT2D eigenvalue weighted by Crippen LogP contribution is 2.35. The molecule has 10 nitrogen and oxygen atoms in total. The molecule has 1 aromatic carbocycles. The smallest absolute Gasteiger partial charge is 0.253 e. The topological polar surface area (TPSA) is 107 Å². The predicted octanol–water partition coefficient (Wildman–Crippen LogP) is 2.07. The van der Waals surface area contributed by atoms with Crippen LogP contribution >= 0.6 is 0 Å². The molecule has 0 bridgehead atoms. The predicted molar refractivity (Wildman–Crippen MR) is 117 cm³/mol. The number of aromatic amines is 1. The normalized spacial score (nSPS) is 18.8. The van der Waals surface area contributed by atoms with Crippen molar-refractivity contribution in [1.82, 2.24) is 30.1 Å². The molecule has 32 heavy (non-hydrogen) atoms. The molecule has 1 aliphatic carbocycles. The second-order valence-corrected chi connectivity index (χ2v) is 8.32. The van der Waals surface area contributed by atoms with Crippen LogP contribution in [-0.4, -0.2) is 70.6 Å². The van der Waals surface area contributed by atoms with Gasteiger partial charge in [0.05, 0.1) is 39.0 Å². The summed E-state index contributed by atoms with van der Waals surface area (Å²) in [5, 5.41) is 13.6. The van der Waals surface area contributed by atoms with Gasteiger partial charge in [0.2, 0.25) is 0 Å². The highest BCUT2D eigenvalue weighted by molar-refractivity contribution is 5.83. The molecule has 2 aromatic heterocycles. The van der Waals surface area contributed by atoms with Gasteiger partial charge in [-0.25, -0.2) is 4.68 Å². The first-order chi connectivity index (χ1) is 15.7. The van der Waals surface area contributed by atoms with E-state index in [9.17, 15) is 4.79 Å². The average molecular weight is 441 g/mol. The maximum atomic E-state index is 13.3. The number of nitrogens with one attached hydrogen (secondary N) is 1. The standard InChI is InChI=1S/C22H28N6O4/c1-30-18-12-14-11-16(22(29)23-17(14)13-19(18)31-2)20(27-7-9-32-10-8-27)21-24-25-26-28(21)15-5-3-4-6-15/h11-13,15,20H,3-10H2,1-2H3,(H,23,29). The quantitative estimate of drug-likeness (QED) is 0.621. The van der Waals surface area contributed by atoms with Crippen molar-refractivity contribution in [2.75, 3.05) is 40.5 Å². The number of benzene rings is 1. The third-order valence-electron chi connectivity index (χ3n) is 6.52. The molecule has 2 aliphatic rings. The van der Waals surface area contributed by atoms with Gasteiger partial charge in [0.1, 0.15) is 6.04 Å². The third-order valence-corrected chi connectivity index (χ3v) is 6.52. The van der Waals surface area contributed by atoms with Crippen LogP contribution in [0.2, 0.25) is 0 Å². The zero-order chi connectivity index (χ0) is 22.1. The summed E-state index contributed by atoms with van der Waals surface area (Å²) in [6.45, 7) is 2.62. The minimum atomic E-state index is -0.365. The fourth-order valence-corrected chi connectivity index (χ4v) is 4.88. The summed E-state index contributed by atoms with van der Waals surface area (Å²) < 4.78 is 18.4. The summed E-state index contributed by atoms with van der Waals surface area (Å²) in [6, 6.07) is 5.49. The molecule has 1 saturated heterocycles. The Balaban J connectivity index is 1.65. The van der Waals surface area contributed by atoms with Gasteiger partial charge in [-0.2, -0.15) is 0 Å². The molecule has 170 valence electrons. The number of methoxy groups -OCH3 is 2. The van der Waals surface area contributed by atoms with Crippen LogP contribution in [-0.2, 0) is 4.74 Å². The molecular formula is C22H28N6O4. The molecule has 1 saturated carbocycles. The summed E-state index contributed by atoms with van der Waals surface area (Å²) in [6.07, 6.45) is 4.45. The monoisotopic (exact) mass is 440 g/mol. The average Bonchev–Trinajstić information content (AvgIpc) is 3.52. The maximum absolute atomic E-state index is 13.3. The summed E-state index contributed by atoms with van der Waals surface area (Å²) in [5.41, 5.74) is 1.13. The molecule has 0 spiro atoms. The van der Waals surface area contributed by atoms with Gasteiger partial charge < -0.3 is 19.2 Å². The minimum Gasteiger partial charge on any atom is -0.493 e. The van der Waals surface area contributed by atoms with Crippen LogP contribution < -0.4 is 15.0 Å². The number of rotatable bonds is 6. The van der Waals surface area contributed by atoms with E-state index in [1.807, 2.05) is 16.8 Å². The third kappa shape index (κ3) is 3.73. The molecule has 5 rings (SSSR count). The highest BCUT2D eigenvalue weighted by atomic mass is 16.5. The second kappa shape index (κ2) is 8.87. The van der Waals surface area contributed by atoms with E-state index >= 15 is 0 Å². The van der Waals surface area contributed by atoms with Gasteiger partial charge in [0.15, 0.2) is 17.3 Å². The van der Waals surface area contributed by atoms with Crippen molar-refractivity contribution in [2.24, 2.45) is 0 Å². The molecule has 1 aliphatic heterocycles. The number of ether oxygens (including phenoxy) is 3. The molecule has 3 heterocycles. The lowest BCUT2D eigenvalue weighted by Gasteiger charge is -2.34. The minimum absolute atomic E-state index is 0.165. The van der Waals surface area contributed by atoms with Crippen molar-refractivity contribution in [3.05, 3.63) is 39.9 Å². The van der Waals surface area contributed by atoms with E-state index in [0.29, 0.717) is 54.7 Å². The summed E-state index contributed by atoms with van der Waals surface area (Å²) in [7, 11) is 3.18. The molecule has 2 fully saturated rings. The summed E-state index contributed by atoms with van der Waals surface area (Å²) in [5.74, 6) is 1.89. The van der Waals surface area contributed by atoms with Crippen LogP contribution in [0, 0.1) is 0 Å². The Bertz CT molecular complexity index is 1150. The Kier molecular flexibility index (Phi) is 5.79. The van der Waals surface area contributed by atoms with E-state index in [0.717, 1.165) is 18.2 Å². The molecular weight excluding hydrogens is 412 g/mol. The largest absolute Gasteiger partial charge is 0.493 e. The van der Waals surface area contributed by atoms with Gasteiger partial charge in [-0.1, -0.05) is 12.8 Å². The highest BCUT2D eigenvalue weighted by Gasteiger charge is 2.34. The zero-order valence-electron chi connectivity index (χ0n) is 18.4. The van der Waals surface area contributed by atoms with Crippen molar-refractivity contribution in [3.8, 4) is 11.5 Å². The Morgan fingerprint density at radius 1 is 1.09 bits per heavy atom. The first-order valence-electron chi connectivity index (χ1n) is 11.1. The van der Waals surface area contributed by atoms with Gasteiger partial charge in [-0.05, 0) is 35.4 Å². The van der Waals surface area contributed by atoms with E-state index in [2.05, 4.69) is 25.4 Å². The number of morpholine rings is 1. The Morgan fingerprint density at radius 3 is 2.53 bits per heavy atom. The Labute approximate surface area is 185 Å². The lowest BCUT2D eigenvalue weighted by molar-refractivity contribution is 0.0211.